The molecule has 0 radical (unpaired) electrons. The van der Waals surface area contributed by atoms with Gasteiger partial charge in [0.25, 0.3) is 0 Å². The van der Waals surface area contributed by atoms with Crippen LogP contribution in [0, 0.1) is 5.82 Å². The lowest BCUT2D eigenvalue weighted by molar-refractivity contribution is -0.155. The molecule has 0 aliphatic carbocycles. The van der Waals surface area contributed by atoms with Crippen molar-refractivity contribution in [1.29, 1.82) is 0 Å². The van der Waals surface area contributed by atoms with Crippen molar-refractivity contribution in [1.82, 2.24) is 30.4 Å². The molecule has 2 fully saturated rings. The van der Waals surface area contributed by atoms with Crippen molar-refractivity contribution in [3.63, 3.8) is 0 Å². The summed E-state index contributed by atoms with van der Waals surface area (Å²) in [5.41, 5.74) is 1.47. The summed E-state index contributed by atoms with van der Waals surface area (Å²) in [5, 5.41) is 39.4. The van der Waals surface area contributed by atoms with Gasteiger partial charge >= 0.3 is 6.09 Å². The zero-order valence-electron chi connectivity index (χ0n) is 35.9. The highest BCUT2D eigenvalue weighted by molar-refractivity contribution is 5.98. The molecular weight excluding hydrogens is 804 g/mol. The van der Waals surface area contributed by atoms with Gasteiger partial charge in [0.2, 0.25) is 24.1 Å². The molecule has 4 aromatic rings. The van der Waals surface area contributed by atoms with Crippen LogP contribution in [-0.2, 0) is 36.9 Å². The van der Waals surface area contributed by atoms with Crippen LogP contribution in [0.5, 0.6) is 0 Å². The maximum Gasteiger partial charge on any atom is 0.407 e. The molecule has 2 saturated heterocycles. The Labute approximate surface area is 359 Å². The van der Waals surface area contributed by atoms with Crippen molar-refractivity contribution in [3.8, 4) is 0 Å². The number of ether oxygens (including phenoxy) is 2. The number of carbonyl (C=O) groups excluding carboxylic acids is 4. The molecule has 2 aliphatic rings. The second-order valence-corrected chi connectivity index (χ2v) is 16.9. The van der Waals surface area contributed by atoms with Gasteiger partial charge in [-0.25, -0.2) is 14.2 Å². The Morgan fingerprint density at radius 3 is 2.13 bits per heavy atom. The molecule has 62 heavy (non-hydrogen) atoms. The lowest BCUT2D eigenvalue weighted by Crippen LogP contribution is -2.61. The first-order chi connectivity index (χ1) is 29.4. The molecule has 5 atom stereocenters. The van der Waals surface area contributed by atoms with Crippen LogP contribution in [-0.4, -0.2) is 122 Å². The Morgan fingerprint density at radius 1 is 0.871 bits per heavy atom. The maximum atomic E-state index is 14.1. The summed E-state index contributed by atoms with van der Waals surface area (Å²) in [4.78, 5) is 66.2. The van der Waals surface area contributed by atoms with Crippen molar-refractivity contribution in [2.75, 3.05) is 37.5 Å². The van der Waals surface area contributed by atoms with Crippen molar-refractivity contribution in [3.05, 3.63) is 89.5 Å². The predicted molar refractivity (Wildman–Crippen MR) is 228 cm³/mol. The zero-order chi connectivity index (χ0) is 44.9. The van der Waals surface area contributed by atoms with Gasteiger partial charge in [-0.1, -0.05) is 18.2 Å². The van der Waals surface area contributed by atoms with Crippen LogP contribution in [0.2, 0.25) is 0 Å². The SMILES string of the molecule is COC(=O)NC(C(=O)N1CCCC1c1nc2ccc(CN(Cc3ccc(NC(=O)C4CCCN4C(=O)C(NC(O)OC)C(C)(C)O)cc3)c3ccc(F)cc3)cc2[nH]1)C(C)(C)O. The number of likely N-dealkylation sites (tertiary alicyclic amines) is 2. The third-order valence-electron chi connectivity index (χ3n) is 11.3. The number of aromatic amines is 1. The molecule has 5 unspecified atom stereocenters. The highest BCUT2D eigenvalue weighted by Gasteiger charge is 2.44. The molecule has 0 bridgehead atoms. The van der Waals surface area contributed by atoms with Crippen molar-refractivity contribution in [2.45, 2.75) is 108 Å². The fourth-order valence-electron chi connectivity index (χ4n) is 8.04. The molecule has 3 heterocycles. The number of aliphatic hydroxyl groups excluding tert-OH is 1. The van der Waals surface area contributed by atoms with Crippen LogP contribution < -0.4 is 20.9 Å². The van der Waals surface area contributed by atoms with Crippen LogP contribution in [0.25, 0.3) is 11.0 Å². The summed E-state index contributed by atoms with van der Waals surface area (Å²) < 4.78 is 23.6. The number of amides is 4. The number of fused-ring (bicyclic) bond motifs is 1. The number of halogens is 1. The standard InChI is InChI=1S/C44H57FN8O9/c1-43(2,59)35(49-41(57)61-5)39(55)52-21-7-9-33(52)37-47-31-20-13-27(23-32(31)48-37)25-51(30-18-14-28(45)15-19-30)24-26-11-16-29(17-12-26)46-38(54)34-10-8-22-53(34)40(56)36(44(3,4)60)50-42(58)62-6/h11-20,23,33-36,42,50,58-60H,7-10,21-22,24-25H2,1-6H3,(H,46,54)(H,47,48)(H,49,57). The number of hydrogen-bond donors (Lipinski definition) is 7. The molecule has 7 N–H and O–H groups in total. The number of aliphatic hydroxyl groups is 3. The second kappa shape index (κ2) is 19.2. The summed E-state index contributed by atoms with van der Waals surface area (Å²) in [7, 11) is 2.44. The van der Waals surface area contributed by atoms with Gasteiger partial charge < -0.3 is 55.1 Å². The summed E-state index contributed by atoms with van der Waals surface area (Å²) >= 11 is 0. The molecule has 17 nitrogen and oxygen atoms in total. The quantitative estimate of drug-likeness (QED) is 0.0803. The molecule has 6 rings (SSSR count). The topological polar surface area (TPSA) is 222 Å². The number of benzene rings is 3. The minimum Gasteiger partial charge on any atom is -0.453 e. The van der Waals surface area contributed by atoms with Gasteiger partial charge in [-0.3, -0.25) is 19.7 Å². The number of aromatic nitrogens is 2. The third-order valence-corrected chi connectivity index (χ3v) is 11.3. The number of methoxy groups -OCH3 is 2. The van der Waals surface area contributed by atoms with Gasteiger partial charge in [0, 0.05) is 44.7 Å². The van der Waals surface area contributed by atoms with Crippen LogP contribution in [0.4, 0.5) is 20.6 Å². The fourth-order valence-corrected chi connectivity index (χ4v) is 8.04. The number of carbonyl (C=O) groups is 4. The van der Waals surface area contributed by atoms with E-state index in [4.69, 9.17) is 14.5 Å². The van der Waals surface area contributed by atoms with E-state index in [-0.39, 0.29) is 11.7 Å². The van der Waals surface area contributed by atoms with Gasteiger partial charge in [0.15, 0.2) is 0 Å². The number of nitrogens with one attached hydrogen (secondary N) is 4. The van der Waals surface area contributed by atoms with Gasteiger partial charge in [0.05, 0.1) is 35.4 Å². The van der Waals surface area contributed by atoms with Crippen molar-refractivity contribution >= 4 is 46.2 Å². The van der Waals surface area contributed by atoms with Crippen LogP contribution >= 0.6 is 0 Å². The van der Waals surface area contributed by atoms with E-state index in [1.807, 2.05) is 30.3 Å². The molecule has 4 amide bonds. The Kier molecular flexibility index (Phi) is 14.2. The number of anilines is 2. The number of alkyl carbamates (subject to hydrolysis) is 1. The Bertz CT molecular complexity index is 2210. The predicted octanol–water partition coefficient (Wildman–Crippen LogP) is 3.65. The first-order valence-electron chi connectivity index (χ1n) is 20.6. The van der Waals surface area contributed by atoms with Crippen LogP contribution in [0.3, 0.4) is 0 Å². The van der Waals surface area contributed by atoms with E-state index in [0.717, 1.165) is 22.3 Å². The number of imidazole rings is 1. The minimum atomic E-state index is -1.56. The van der Waals surface area contributed by atoms with Gasteiger partial charge in [-0.2, -0.15) is 0 Å². The first kappa shape index (κ1) is 45.9. The number of hydrogen-bond acceptors (Lipinski definition) is 12. The minimum absolute atomic E-state index is 0.309. The highest BCUT2D eigenvalue weighted by Crippen LogP contribution is 2.34. The van der Waals surface area contributed by atoms with Gasteiger partial charge in [-0.15, -0.1) is 0 Å². The summed E-state index contributed by atoms with van der Waals surface area (Å²) in [6.07, 6.45) is 0.0400. The van der Waals surface area contributed by atoms with E-state index in [9.17, 15) is 38.9 Å². The Hall–Kier alpha value is -5.66. The molecule has 2 aliphatic heterocycles. The number of rotatable bonds is 16. The van der Waals surface area contributed by atoms with Crippen molar-refractivity contribution in [2.24, 2.45) is 0 Å². The lowest BCUT2D eigenvalue weighted by Gasteiger charge is -2.35. The molecule has 18 heteroatoms. The zero-order valence-corrected chi connectivity index (χ0v) is 35.9. The molecular formula is C44H57FN8O9. The molecule has 3 aromatic carbocycles. The van der Waals surface area contributed by atoms with E-state index in [0.29, 0.717) is 68.9 Å². The van der Waals surface area contributed by atoms with Crippen LogP contribution in [0.1, 0.15) is 76.4 Å². The van der Waals surface area contributed by atoms with E-state index in [1.54, 1.807) is 29.2 Å². The average molecular weight is 861 g/mol. The summed E-state index contributed by atoms with van der Waals surface area (Å²) in [5.74, 6) is -1.13. The molecule has 0 spiro atoms. The number of nitrogens with zero attached hydrogens (tertiary/aromatic N) is 4. The number of H-pyrrole nitrogens is 1. The first-order valence-corrected chi connectivity index (χ1v) is 20.6. The highest BCUT2D eigenvalue weighted by atomic mass is 19.1. The summed E-state index contributed by atoms with van der Waals surface area (Å²) in [6, 6.07) is 15.7. The van der Waals surface area contributed by atoms with Gasteiger partial charge in [-0.05, 0) is 113 Å². The van der Waals surface area contributed by atoms with Crippen LogP contribution in [0.15, 0.2) is 66.7 Å². The lowest BCUT2D eigenvalue weighted by atomic mass is 9.97. The van der Waals surface area contributed by atoms with E-state index in [1.165, 1.54) is 58.9 Å². The largest absolute Gasteiger partial charge is 0.453 e. The smallest absolute Gasteiger partial charge is 0.407 e. The van der Waals surface area contributed by atoms with E-state index >= 15 is 0 Å². The van der Waals surface area contributed by atoms with E-state index in [2.05, 4.69) is 25.8 Å². The molecule has 334 valence electrons. The Morgan fingerprint density at radius 2 is 1.48 bits per heavy atom. The average Bonchev–Trinajstić information content (AvgIpc) is 4.01. The van der Waals surface area contributed by atoms with Crippen molar-refractivity contribution < 1.29 is 48.4 Å². The normalized spacial score (nSPS) is 18.4. The van der Waals surface area contributed by atoms with Gasteiger partial charge in [0.1, 0.15) is 29.8 Å². The Balaban J connectivity index is 1.15. The third kappa shape index (κ3) is 10.9. The second-order valence-electron chi connectivity index (χ2n) is 16.9. The molecule has 0 saturated carbocycles. The fraction of sp³-hybridized carbons (Fsp3) is 0.477. The van der Waals surface area contributed by atoms with E-state index < -0.39 is 59.7 Å². The summed E-state index contributed by atoms with van der Waals surface area (Å²) in [6.45, 7) is 7.37. The molecule has 1 aromatic heterocycles. The monoisotopic (exact) mass is 860 g/mol. The maximum absolute atomic E-state index is 14.1.